The summed E-state index contributed by atoms with van der Waals surface area (Å²) in [5.41, 5.74) is 0. The van der Waals surface area contributed by atoms with Gasteiger partial charge in [-0.2, -0.15) is 0 Å². The molecular formula is C15H22BrN3O3. The quantitative estimate of drug-likeness (QED) is 0.790. The zero-order valence-corrected chi connectivity index (χ0v) is 14.7. The summed E-state index contributed by atoms with van der Waals surface area (Å²) in [7, 11) is 3.51. The standard InChI is InChI=1S/C15H22BrN3O3/c1-10(18(2)8-12-6-7-13(16)22-12)15(21)19(3)9-14(20)17-11-4-5-11/h6-7,10-11H,4-5,8-9H2,1-3H3,(H,17,20). The fourth-order valence-electron chi connectivity index (χ4n) is 2.12. The maximum absolute atomic E-state index is 12.4. The van der Waals surface area contributed by atoms with Gasteiger partial charge < -0.3 is 14.6 Å². The van der Waals surface area contributed by atoms with E-state index in [1.165, 1.54) is 4.90 Å². The van der Waals surface area contributed by atoms with Crippen molar-refractivity contribution < 1.29 is 14.0 Å². The maximum Gasteiger partial charge on any atom is 0.239 e. The van der Waals surface area contributed by atoms with Crippen molar-refractivity contribution in [3.63, 3.8) is 0 Å². The minimum absolute atomic E-state index is 0.0842. The Bertz CT molecular complexity index is 542. The first-order valence-electron chi connectivity index (χ1n) is 7.35. The van der Waals surface area contributed by atoms with Crippen LogP contribution in [0.1, 0.15) is 25.5 Å². The number of carbonyl (C=O) groups is 2. The first-order chi connectivity index (χ1) is 10.4. The number of likely N-dealkylation sites (N-methyl/N-ethyl adjacent to an activating group) is 2. The van der Waals surface area contributed by atoms with Crippen molar-refractivity contribution in [2.75, 3.05) is 20.6 Å². The van der Waals surface area contributed by atoms with Gasteiger partial charge in [-0.15, -0.1) is 0 Å². The van der Waals surface area contributed by atoms with Crippen molar-refractivity contribution in [1.82, 2.24) is 15.1 Å². The average Bonchev–Trinajstić information content (AvgIpc) is 3.17. The first kappa shape index (κ1) is 17.0. The molecule has 1 N–H and O–H groups in total. The lowest BCUT2D eigenvalue weighted by atomic mass is 10.2. The molecule has 1 aromatic heterocycles. The van der Waals surface area contributed by atoms with Crippen molar-refractivity contribution >= 4 is 27.7 Å². The van der Waals surface area contributed by atoms with Crippen LogP contribution in [0.4, 0.5) is 0 Å². The third-order valence-corrected chi connectivity index (χ3v) is 4.18. The van der Waals surface area contributed by atoms with Crippen LogP contribution < -0.4 is 5.32 Å². The van der Waals surface area contributed by atoms with Gasteiger partial charge in [0.05, 0.1) is 19.1 Å². The van der Waals surface area contributed by atoms with Crippen LogP contribution in [0, 0.1) is 0 Å². The number of hydrogen-bond donors (Lipinski definition) is 1. The van der Waals surface area contributed by atoms with Gasteiger partial charge >= 0.3 is 0 Å². The van der Waals surface area contributed by atoms with Gasteiger partial charge in [0.15, 0.2) is 4.67 Å². The molecule has 6 nitrogen and oxygen atoms in total. The summed E-state index contributed by atoms with van der Waals surface area (Å²) >= 11 is 3.26. The smallest absolute Gasteiger partial charge is 0.239 e. The number of rotatable bonds is 7. The predicted molar refractivity (Wildman–Crippen MR) is 86.1 cm³/mol. The molecule has 122 valence electrons. The van der Waals surface area contributed by atoms with E-state index in [1.54, 1.807) is 7.05 Å². The molecule has 0 aliphatic heterocycles. The fraction of sp³-hybridized carbons (Fsp3) is 0.600. The number of amides is 2. The molecule has 0 radical (unpaired) electrons. The van der Waals surface area contributed by atoms with Crippen LogP contribution in [-0.4, -0.2) is 54.3 Å². The Labute approximate surface area is 138 Å². The van der Waals surface area contributed by atoms with E-state index in [9.17, 15) is 9.59 Å². The Morgan fingerprint density at radius 1 is 1.41 bits per heavy atom. The normalized spacial score (nSPS) is 15.7. The number of carbonyl (C=O) groups excluding carboxylic acids is 2. The Morgan fingerprint density at radius 2 is 2.09 bits per heavy atom. The predicted octanol–water partition coefficient (Wildman–Crippen LogP) is 1.60. The highest BCUT2D eigenvalue weighted by Crippen LogP contribution is 2.18. The first-order valence-corrected chi connectivity index (χ1v) is 8.15. The summed E-state index contributed by atoms with van der Waals surface area (Å²) in [6.07, 6.45) is 2.09. The molecule has 0 aromatic carbocycles. The Balaban J connectivity index is 1.82. The molecule has 1 aromatic rings. The van der Waals surface area contributed by atoms with E-state index in [1.807, 2.05) is 31.0 Å². The van der Waals surface area contributed by atoms with Gasteiger partial charge in [-0.25, -0.2) is 0 Å². The van der Waals surface area contributed by atoms with Crippen LogP contribution in [0.3, 0.4) is 0 Å². The molecule has 2 rings (SSSR count). The van der Waals surface area contributed by atoms with Crippen LogP contribution in [-0.2, 0) is 16.1 Å². The average molecular weight is 372 g/mol. The van der Waals surface area contributed by atoms with Gasteiger partial charge in [0.2, 0.25) is 11.8 Å². The second kappa shape index (κ2) is 7.28. The van der Waals surface area contributed by atoms with Gasteiger partial charge in [0.25, 0.3) is 0 Å². The Kier molecular flexibility index (Phi) is 5.63. The SMILES string of the molecule is CC(C(=O)N(C)CC(=O)NC1CC1)N(C)Cc1ccc(Br)o1. The van der Waals surface area contributed by atoms with E-state index >= 15 is 0 Å². The summed E-state index contributed by atoms with van der Waals surface area (Å²) in [6.45, 7) is 2.45. The second-order valence-corrected chi connectivity index (χ2v) is 6.61. The van der Waals surface area contributed by atoms with Gasteiger partial charge in [-0.1, -0.05) is 0 Å². The zero-order valence-electron chi connectivity index (χ0n) is 13.1. The van der Waals surface area contributed by atoms with E-state index in [4.69, 9.17) is 4.42 Å². The molecule has 2 amide bonds. The van der Waals surface area contributed by atoms with E-state index in [-0.39, 0.29) is 24.4 Å². The fourth-order valence-corrected chi connectivity index (χ4v) is 2.46. The number of halogens is 1. The lowest BCUT2D eigenvalue weighted by Gasteiger charge is -2.27. The minimum Gasteiger partial charge on any atom is -0.453 e. The highest BCUT2D eigenvalue weighted by Gasteiger charge is 2.26. The summed E-state index contributed by atoms with van der Waals surface area (Å²) in [5.74, 6) is 0.602. The van der Waals surface area contributed by atoms with Crippen molar-refractivity contribution in [1.29, 1.82) is 0 Å². The number of furan rings is 1. The van der Waals surface area contributed by atoms with Gasteiger partial charge in [-0.3, -0.25) is 14.5 Å². The number of nitrogens with one attached hydrogen (secondary N) is 1. The summed E-state index contributed by atoms with van der Waals surface area (Å²) in [5, 5.41) is 2.88. The molecule has 0 spiro atoms. The molecule has 1 heterocycles. The van der Waals surface area contributed by atoms with Gasteiger partial charge in [0.1, 0.15) is 5.76 Å². The molecule has 1 fully saturated rings. The summed E-state index contributed by atoms with van der Waals surface area (Å²) in [4.78, 5) is 27.5. The van der Waals surface area contributed by atoms with Crippen LogP contribution >= 0.6 is 15.9 Å². The van der Waals surface area contributed by atoms with Crippen LogP contribution in [0.15, 0.2) is 21.2 Å². The Morgan fingerprint density at radius 3 is 2.64 bits per heavy atom. The van der Waals surface area contributed by atoms with Crippen LogP contribution in [0.2, 0.25) is 0 Å². The van der Waals surface area contributed by atoms with Crippen LogP contribution in [0.5, 0.6) is 0 Å². The maximum atomic E-state index is 12.4. The molecule has 22 heavy (non-hydrogen) atoms. The van der Waals surface area contributed by atoms with Crippen molar-refractivity contribution in [2.24, 2.45) is 0 Å². The molecule has 1 aliphatic carbocycles. The molecule has 7 heteroatoms. The van der Waals surface area contributed by atoms with Crippen molar-refractivity contribution in [3.05, 3.63) is 22.6 Å². The van der Waals surface area contributed by atoms with E-state index in [0.29, 0.717) is 17.3 Å². The van der Waals surface area contributed by atoms with E-state index in [0.717, 1.165) is 18.6 Å². The molecule has 1 aliphatic rings. The summed E-state index contributed by atoms with van der Waals surface area (Å²) in [6, 6.07) is 3.67. The van der Waals surface area contributed by atoms with Gasteiger partial charge in [0, 0.05) is 13.1 Å². The Hall–Kier alpha value is -1.34. The molecule has 1 saturated carbocycles. The minimum atomic E-state index is -0.331. The van der Waals surface area contributed by atoms with Crippen LogP contribution in [0.25, 0.3) is 0 Å². The lowest BCUT2D eigenvalue weighted by Crippen LogP contribution is -2.47. The van der Waals surface area contributed by atoms with Crippen molar-refractivity contribution in [2.45, 2.75) is 38.4 Å². The largest absolute Gasteiger partial charge is 0.453 e. The molecule has 0 bridgehead atoms. The van der Waals surface area contributed by atoms with E-state index < -0.39 is 0 Å². The zero-order chi connectivity index (χ0) is 16.3. The molecule has 1 unspecified atom stereocenters. The molecule has 1 atom stereocenters. The number of hydrogen-bond acceptors (Lipinski definition) is 4. The second-order valence-electron chi connectivity index (χ2n) is 5.83. The molecule has 0 saturated heterocycles. The third kappa shape index (κ3) is 4.84. The highest BCUT2D eigenvalue weighted by atomic mass is 79.9. The third-order valence-electron chi connectivity index (χ3n) is 3.75. The topological polar surface area (TPSA) is 65.8 Å². The molecular weight excluding hydrogens is 350 g/mol. The van der Waals surface area contributed by atoms with E-state index in [2.05, 4.69) is 21.2 Å². The van der Waals surface area contributed by atoms with Gasteiger partial charge in [-0.05, 0) is 54.9 Å². The monoisotopic (exact) mass is 371 g/mol. The highest BCUT2D eigenvalue weighted by molar-refractivity contribution is 9.10. The van der Waals surface area contributed by atoms with Crippen molar-refractivity contribution in [3.8, 4) is 0 Å². The summed E-state index contributed by atoms with van der Waals surface area (Å²) < 4.78 is 6.12. The number of nitrogens with zero attached hydrogens (tertiary/aromatic N) is 2. The lowest BCUT2D eigenvalue weighted by molar-refractivity contribution is -0.138.